The van der Waals surface area contributed by atoms with E-state index >= 15 is 0 Å². The quantitative estimate of drug-likeness (QED) is 0.734. The van der Waals surface area contributed by atoms with Crippen LogP contribution in [0.3, 0.4) is 0 Å². The minimum atomic E-state index is -0.0375. The Morgan fingerprint density at radius 3 is 2.92 bits per heavy atom. The van der Waals surface area contributed by atoms with Crippen molar-refractivity contribution in [1.29, 1.82) is 0 Å². The van der Waals surface area contributed by atoms with E-state index < -0.39 is 0 Å². The van der Waals surface area contributed by atoms with E-state index in [-0.39, 0.29) is 5.91 Å². The van der Waals surface area contributed by atoms with Crippen LogP contribution in [0.25, 0.3) is 10.9 Å². The van der Waals surface area contributed by atoms with Gasteiger partial charge in [-0.05, 0) is 36.2 Å². The highest BCUT2D eigenvalue weighted by Crippen LogP contribution is 2.38. The first-order valence-corrected chi connectivity index (χ1v) is 9.23. The standard InChI is InChI=1S/C20H20N2OS/c1-3-14-6-4-8-16(10-14)21-20(23)17-11-15-7-5-9-18-19(15)22(17)12-13(2)24-18/h4-11,13H,3,12H2,1-2H3,(H,21,23)/t13-/m1/s1. The first kappa shape index (κ1) is 15.3. The number of rotatable bonds is 3. The molecule has 1 aliphatic heterocycles. The summed E-state index contributed by atoms with van der Waals surface area (Å²) in [6.45, 7) is 5.19. The SMILES string of the molecule is CCc1cccc(NC(=O)c2cc3cccc4c3n2C[C@@H](C)S4)c1. The molecule has 2 heterocycles. The van der Waals surface area contributed by atoms with Crippen molar-refractivity contribution in [3.05, 3.63) is 59.8 Å². The molecule has 0 aliphatic carbocycles. The van der Waals surface area contributed by atoms with Gasteiger partial charge in [0.15, 0.2) is 0 Å². The molecule has 4 rings (SSSR count). The number of aromatic nitrogens is 1. The van der Waals surface area contributed by atoms with E-state index in [0.29, 0.717) is 5.25 Å². The van der Waals surface area contributed by atoms with Crippen LogP contribution in [0.1, 0.15) is 29.9 Å². The van der Waals surface area contributed by atoms with Crippen LogP contribution in [0, 0.1) is 0 Å². The Kier molecular flexibility index (Phi) is 3.85. The van der Waals surface area contributed by atoms with Crippen LogP contribution < -0.4 is 5.32 Å². The topological polar surface area (TPSA) is 34.0 Å². The van der Waals surface area contributed by atoms with Crippen molar-refractivity contribution in [2.45, 2.75) is 37.0 Å². The lowest BCUT2D eigenvalue weighted by Crippen LogP contribution is -2.22. The number of hydrogen-bond acceptors (Lipinski definition) is 2. The van der Waals surface area contributed by atoms with Crippen molar-refractivity contribution in [2.75, 3.05) is 5.32 Å². The molecule has 0 fully saturated rings. The number of aryl methyl sites for hydroxylation is 1. The van der Waals surface area contributed by atoms with E-state index in [1.165, 1.54) is 16.0 Å². The Morgan fingerprint density at radius 2 is 2.08 bits per heavy atom. The summed E-state index contributed by atoms with van der Waals surface area (Å²) in [5, 5.41) is 4.66. The van der Waals surface area contributed by atoms with Gasteiger partial charge in [-0.2, -0.15) is 0 Å². The molecule has 122 valence electrons. The van der Waals surface area contributed by atoms with Gasteiger partial charge >= 0.3 is 0 Å². The van der Waals surface area contributed by atoms with Gasteiger partial charge in [-0.1, -0.05) is 38.1 Å². The second-order valence-electron chi connectivity index (χ2n) is 6.27. The lowest BCUT2D eigenvalue weighted by atomic mass is 10.1. The van der Waals surface area contributed by atoms with E-state index in [0.717, 1.165) is 29.7 Å². The normalized spacial score (nSPS) is 16.3. The number of anilines is 1. The lowest BCUT2D eigenvalue weighted by molar-refractivity contribution is 0.101. The van der Waals surface area contributed by atoms with Gasteiger partial charge in [-0.15, -0.1) is 11.8 Å². The molecule has 0 spiro atoms. The van der Waals surface area contributed by atoms with E-state index in [1.54, 1.807) is 0 Å². The molecule has 24 heavy (non-hydrogen) atoms. The largest absolute Gasteiger partial charge is 0.334 e. The maximum Gasteiger partial charge on any atom is 0.272 e. The van der Waals surface area contributed by atoms with E-state index in [9.17, 15) is 4.79 Å². The molecular formula is C20H20N2OS. The summed E-state index contributed by atoms with van der Waals surface area (Å²) in [5.74, 6) is -0.0375. The van der Waals surface area contributed by atoms with Gasteiger partial charge < -0.3 is 9.88 Å². The van der Waals surface area contributed by atoms with Crippen LogP contribution >= 0.6 is 11.8 Å². The third-order valence-corrected chi connectivity index (χ3v) is 5.61. The maximum atomic E-state index is 12.9. The molecule has 0 saturated carbocycles. The highest BCUT2D eigenvalue weighted by Gasteiger charge is 2.24. The van der Waals surface area contributed by atoms with Gasteiger partial charge in [0.25, 0.3) is 5.91 Å². The Morgan fingerprint density at radius 1 is 1.25 bits per heavy atom. The average Bonchev–Trinajstić information content (AvgIpc) is 2.95. The number of thioether (sulfide) groups is 1. The summed E-state index contributed by atoms with van der Waals surface area (Å²) >= 11 is 1.89. The van der Waals surface area contributed by atoms with Crippen LogP contribution in [-0.4, -0.2) is 15.7 Å². The summed E-state index contributed by atoms with van der Waals surface area (Å²) in [6.07, 6.45) is 0.960. The molecule has 2 aromatic carbocycles. The monoisotopic (exact) mass is 336 g/mol. The molecule has 3 aromatic rings. The van der Waals surface area contributed by atoms with Gasteiger partial charge in [0, 0.05) is 27.8 Å². The zero-order valence-electron chi connectivity index (χ0n) is 13.9. The van der Waals surface area contributed by atoms with E-state index in [4.69, 9.17) is 0 Å². The number of carbonyl (C=O) groups excluding carboxylic acids is 1. The van der Waals surface area contributed by atoms with E-state index in [1.807, 2.05) is 36.0 Å². The highest BCUT2D eigenvalue weighted by molar-refractivity contribution is 8.00. The second-order valence-corrected chi connectivity index (χ2v) is 7.75. The summed E-state index contributed by atoms with van der Waals surface area (Å²) in [6, 6.07) is 16.4. The second kappa shape index (κ2) is 6.02. The predicted molar refractivity (Wildman–Crippen MR) is 101 cm³/mol. The number of carbonyl (C=O) groups is 1. The average molecular weight is 336 g/mol. The lowest BCUT2D eigenvalue weighted by Gasteiger charge is -2.22. The van der Waals surface area contributed by atoms with Crippen LogP contribution in [0.4, 0.5) is 5.69 Å². The van der Waals surface area contributed by atoms with Crippen molar-refractivity contribution >= 4 is 34.3 Å². The molecule has 0 unspecified atom stereocenters. The summed E-state index contributed by atoms with van der Waals surface area (Å²) < 4.78 is 2.17. The van der Waals surface area contributed by atoms with Crippen molar-refractivity contribution < 1.29 is 4.79 Å². The number of amides is 1. The molecule has 0 bridgehead atoms. The molecule has 0 saturated heterocycles. The Bertz CT molecular complexity index is 929. The minimum absolute atomic E-state index is 0.0375. The smallest absolute Gasteiger partial charge is 0.272 e. The molecule has 3 nitrogen and oxygen atoms in total. The van der Waals surface area contributed by atoms with Crippen LogP contribution in [0.5, 0.6) is 0 Å². The molecule has 1 atom stereocenters. The summed E-state index contributed by atoms with van der Waals surface area (Å²) in [4.78, 5) is 14.1. The van der Waals surface area contributed by atoms with Gasteiger partial charge in [-0.3, -0.25) is 4.79 Å². The van der Waals surface area contributed by atoms with E-state index in [2.05, 4.69) is 48.0 Å². The summed E-state index contributed by atoms with van der Waals surface area (Å²) in [7, 11) is 0. The Hall–Kier alpha value is -2.20. The van der Waals surface area contributed by atoms with Crippen molar-refractivity contribution in [1.82, 2.24) is 4.57 Å². The zero-order valence-corrected chi connectivity index (χ0v) is 14.7. The molecular weight excluding hydrogens is 316 g/mol. The third-order valence-electron chi connectivity index (χ3n) is 4.48. The molecule has 1 N–H and O–H groups in total. The first-order chi connectivity index (χ1) is 11.7. The van der Waals surface area contributed by atoms with Crippen molar-refractivity contribution in [3.63, 3.8) is 0 Å². The first-order valence-electron chi connectivity index (χ1n) is 8.35. The molecule has 1 aromatic heterocycles. The highest BCUT2D eigenvalue weighted by atomic mass is 32.2. The van der Waals surface area contributed by atoms with Gasteiger partial charge in [0.1, 0.15) is 5.69 Å². The predicted octanol–water partition coefficient (Wildman–Crippen LogP) is 4.95. The van der Waals surface area contributed by atoms with Gasteiger partial charge in [0.05, 0.1) is 5.52 Å². The minimum Gasteiger partial charge on any atom is -0.334 e. The van der Waals surface area contributed by atoms with Crippen LogP contribution in [-0.2, 0) is 13.0 Å². The fourth-order valence-corrected chi connectivity index (χ4v) is 4.49. The van der Waals surface area contributed by atoms with Gasteiger partial charge in [0.2, 0.25) is 0 Å². The van der Waals surface area contributed by atoms with Gasteiger partial charge in [-0.25, -0.2) is 0 Å². The molecule has 1 aliphatic rings. The Labute approximate surface area is 146 Å². The number of para-hydroxylation sites is 1. The van der Waals surface area contributed by atoms with Crippen LogP contribution in [0.15, 0.2) is 53.4 Å². The fraction of sp³-hybridized carbons (Fsp3) is 0.250. The third kappa shape index (κ3) is 2.61. The number of benzene rings is 2. The molecule has 1 amide bonds. The zero-order chi connectivity index (χ0) is 16.7. The van der Waals surface area contributed by atoms with Crippen molar-refractivity contribution in [3.8, 4) is 0 Å². The molecule has 4 heteroatoms. The van der Waals surface area contributed by atoms with Crippen molar-refractivity contribution in [2.24, 2.45) is 0 Å². The number of hydrogen-bond donors (Lipinski definition) is 1. The number of nitrogens with zero attached hydrogens (tertiary/aromatic N) is 1. The summed E-state index contributed by atoms with van der Waals surface area (Å²) in [5.41, 5.74) is 4.01. The number of nitrogens with one attached hydrogen (secondary N) is 1. The fourth-order valence-electron chi connectivity index (χ4n) is 3.34. The van der Waals surface area contributed by atoms with Crippen LogP contribution in [0.2, 0.25) is 0 Å². The maximum absolute atomic E-state index is 12.9. The Balaban J connectivity index is 1.73. The molecule has 0 radical (unpaired) electrons.